The molecule has 0 saturated carbocycles. The zero-order chi connectivity index (χ0) is 23.4. The maximum atomic E-state index is 12.4. The maximum Gasteiger partial charge on any atom is 0.293 e. The second kappa shape index (κ2) is 9.72. The zero-order valence-corrected chi connectivity index (χ0v) is 18.3. The van der Waals surface area contributed by atoms with Crippen molar-refractivity contribution in [3.05, 3.63) is 98.2 Å². The fourth-order valence-electron chi connectivity index (χ4n) is 2.81. The number of hydrogen-bond acceptors (Lipinski definition) is 7. The smallest absolute Gasteiger partial charge is 0.293 e. The van der Waals surface area contributed by atoms with Gasteiger partial charge in [-0.25, -0.2) is 9.67 Å². The third-order valence-electron chi connectivity index (χ3n) is 4.40. The number of nitro groups is 1. The van der Waals surface area contributed by atoms with Crippen molar-refractivity contribution in [2.45, 2.75) is 13.2 Å². The van der Waals surface area contributed by atoms with Gasteiger partial charge in [0, 0.05) is 11.1 Å². The molecule has 0 saturated heterocycles. The van der Waals surface area contributed by atoms with E-state index in [1.807, 2.05) is 12.1 Å². The van der Waals surface area contributed by atoms with Gasteiger partial charge < -0.3 is 9.15 Å². The number of carbonyl (C=O) groups is 1. The maximum absolute atomic E-state index is 12.4. The molecule has 1 N–H and O–H groups in total. The van der Waals surface area contributed by atoms with Crippen molar-refractivity contribution in [1.29, 1.82) is 0 Å². The Morgan fingerprint density at radius 2 is 1.94 bits per heavy atom. The van der Waals surface area contributed by atoms with Gasteiger partial charge in [-0.15, -0.1) is 5.10 Å². The summed E-state index contributed by atoms with van der Waals surface area (Å²) in [5.41, 5.74) is 0.818. The van der Waals surface area contributed by atoms with Gasteiger partial charge in [-0.05, 0) is 35.9 Å². The van der Waals surface area contributed by atoms with Gasteiger partial charge in [0.05, 0.1) is 22.6 Å². The number of benzene rings is 2. The van der Waals surface area contributed by atoms with Crippen LogP contribution in [0.5, 0.6) is 5.75 Å². The van der Waals surface area contributed by atoms with Crippen LogP contribution in [0, 0.1) is 10.1 Å². The monoisotopic (exact) mass is 487 g/mol. The number of non-ortho nitro benzene ring substituents is 1. The first-order chi connectivity index (χ1) is 15.9. The van der Waals surface area contributed by atoms with E-state index in [0.717, 1.165) is 5.56 Å². The summed E-state index contributed by atoms with van der Waals surface area (Å²) in [5, 5.41) is 18.5. The van der Waals surface area contributed by atoms with Crippen molar-refractivity contribution in [2.75, 3.05) is 5.32 Å². The van der Waals surface area contributed by atoms with Crippen molar-refractivity contribution in [1.82, 2.24) is 14.8 Å². The predicted molar refractivity (Wildman–Crippen MR) is 120 cm³/mol. The third-order valence-corrected chi connectivity index (χ3v) is 4.96. The van der Waals surface area contributed by atoms with Crippen LogP contribution in [-0.4, -0.2) is 25.6 Å². The first-order valence-corrected chi connectivity index (χ1v) is 10.2. The Hall–Kier alpha value is -3.89. The molecule has 2 heterocycles. The van der Waals surface area contributed by atoms with E-state index in [2.05, 4.69) is 15.4 Å². The van der Waals surface area contributed by atoms with E-state index in [0.29, 0.717) is 17.3 Å². The number of carbonyl (C=O) groups excluding carboxylic acids is 1. The zero-order valence-electron chi connectivity index (χ0n) is 16.8. The van der Waals surface area contributed by atoms with Crippen molar-refractivity contribution in [2.24, 2.45) is 0 Å². The summed E-state index contributed by atoms with van der Waals surface area (Å²) in [7, 11) is 0. The molecule has 2 aromatic heterocycles. The highest BCUT2D eigenvalue weighted by molar-refractivity contribution is 6.32. The summed E-state index contributed by atoms with van der Waals surface area (Å²) in [5.74, 6) is 0.0471. The number of aromatic nitrogens is 3. The fourth-order valence-corrected chi connectivity index (χ4v) is 3.11. The molecule has 0 bridgehead atoms. The van der Waals surface area contributed by atoms with Crippen LogP contribution in [0.15, 0.2) is 65.3 Å². The Morgan fingerprint density at radius 1 is 1.15 bits per heavy atom. The van der Waals surface area contributed by atoms with Crippen molar-refractivity contribution in [3.63, 3.8) is 0 Å². The summed E-state index contributed by atoms with van der Waals surface area (Å²) in [6.07, 6.45) is 1.49. The van der Waals surface area contributed by atoms with Gasteiger partial charge in [0.1, 0.15) is 24.4 Å². The molecule has 1 amide bonds. The minimum absolute atomic E-state index is 0.0211. The van der Waals surface area contributed by atoms with E-state index < -0.39 is 10.8 Å². The molecule has 33 heavy (non-hydrogen) atoms. The Morgan fingerprint density at radius 3 is 2.70 bits per heavy atom. The predicted octanol–water partition coefficient (Wildman–Crippen LogP) is 4.97. The van der Waals surface area contributed by atoms with Crippen LogP contribution in [0.2, 0.25) is 10.0 Å². The van der Waals surface area contributed by atoms with Gasteiger partial charge in [0.2, 0.25) is 5.95 Å². The lowest BCUT2D eigenvalue weighted by Gasteiger charge is -2.06. The Balaban J connectivity index is 1.35. The molecule has 2 aromatic carbocycles. The van der Waals surface area contributed by atoms with Crippen LogP contribution in [-0.2, 0) is 13.2 Å². The van der Waals surface area contributed by atoms with Crippen LogP contribution in [0.4, 0.5) is 11.6 Å². The van der Waals surface area contributed by atoms with E-state index in [9.17, 15) is 14.9 Å². The van der Waals surface area contributed by atoms with Crippen LogP contribution in [0.1, 0.15) is 21.9 Å². The number of nitrogens with zero attached hydrogens (tertiary/aromatic N) is 4. The number of nitro benzene ring substituents is 1. The largest absolute Gasteiger partial charge is 0.484 e. The molecule has 0 aliphatic rings. The number of nitrogens with one attached hydrogen (secondary N) is 1. The summed E-state index contributed by atoms with van der Waals surface area (Å²) in [4.78, 5) is 26.9. The van der Waals surface area contributed by atoms with Gasteiger partial charge >= 0.3 is 0 Å². The van der Waals surface area contributed by atoms with Crippen LogP contribution < -0.4 is 10.1 Å². The minimum Gasteiger partial charge on any atom is -0.484 e. The fraction of sp³-hybridized carbons (Fsp3) is 0.0952. The molecular formula is C21H15Cl2N5O5. The van der Waals surface area contributed by atoms with E-state index in [1.54, 1.807) is 22.9 Å². The topological polar surface area (TPSA) is 125 Å². The summed E-state index contributed by atoms with van der Waals surface area (Å²) < 4.78 is 12.5. The molecule has 4 rings (SSSR count). The van der Waals surface area contributed by atoms with Gasteiger partial charge in [-0.2, -0.15) is 0 Å². The highest BCUT2D eigenvalue weighted by Gasteiger charge is 2.15. The Kier molecular flexibility index (Phi) is 6.57. The molecule has 168 valence electrons. The van der Waals surface area contributed by atoms with Gasteiger partial charge in [-0.3, -0.25) is 20.2 Å². The molecule has 0 radical (unpaired) electrons. The number of furan rings is 1. The standard InChI is InChI=1S/C21H15Cl2N5O5/c22-14-3-1-13(2-4-14)10-27-12-24-21(26-27)25-20(29)18-8-6-16(33-18)11-32-19-9-15(28(30)31)5-7-17(19)23/h1-9,12H,10-11H2,(H,25,26,29). The molecule has 0 fully saturated rings. The van der Waals surface area contributed by atoms with E-state index >= 15 is 0 Å². The van der Waals surface area contributed by atoms with Crippen LogP contribution in [0.25, 0.3) is 0 Å². The van der Waals surface area contributed by atoms with Crippen LogP contribution in [0.3, 0.4) is 0 Å². The second-order valence-corrected chi connectivity index (χ2v) is 7.62. The highest BCUT2D eigenvalue weighted by Crippen LogP contribution is 2.29. The first-order valence-electron chi connectivity index (χ1n) is 9.48. The molecule has 12 heteroatoms. The van der Waals surface area contributed by atoms with E-state index in [4.69, 9.17) is 32.4 Å². The molecule has 10 nitrogen and oxygen atoms in total. The minimum atomic E-state index is -0.552. The number of hydrogen-bond donors (Lipinski definition) is 1. The average Bonchev–Trinajstić information content (AvgIpc) is 3.44. The molecule has 4 aromatic rings. The molecule has 0 unspecified atom stereocenters. The molecule has 0 aliphatic heterocycles. The summed E-state index contributed by atoms with van der Waals surface area (Å²) >= 11 is 11.9. The Labute approximate surface area is 196 Å². The second-order valence-electron chi connectivity index (χ2n) is 6.77. The van der Waals surface area contributed by atoms with Gasteiger partial charge in [0.15, 0.2) is 5.76 Å². The number of halogens is 2. The van der Waals surface area contributed by atoms with Crippen LogP contribution >= 0.6 is 23.2 Å². The van der Waals surface area contributed by atoms with Crippen molar-refractivity contribution in [3.8, 4) is 5.75 Å². The first kappa shape index (κ1) is 22.3. The van der Waals surface area contributed by atoms with Crippen molar-refractivity contribution < 1.29 is 18.9 Å². The van der Waals surface area contributed by atoms with Gasteiger partial charge in [0.25, 0.3) is 11.6 Å². The summed E-state index contributed by atoms with van der Waals surface area (Å²) in [6, 6.07) is 14.2. The number of rotatable bonds is 8. The lowest BCUT2D eigenvalue weighted by atomic mass is 10.2. The molecule has 0 atom stereocenters. The van der Waals surface area contributed by atoms with Gasteiger partial charge in [-0.1, -0.05) is 35.3 Å². The molecule has 0 spiro atoms. The van der Waals surface area contributed by atoms with E-state index in [-0.39, 0.29) is 34.8 Å². The SMILES string of the molecule is O=C(Nc1ncn(Cc2ccc(Cl)cc2)n1)c1ccc(COc2cc([N+](=O)[O-])ccc2Cl)o1. The Bertz CT molecular complexity index is 1300. The number of amides is 1. The third kappa shape index (κ3) is 5.68. The lowest BCUT2D eigenvalue weighted by molar-refractivity contribution is -0.384. The molecule has 0 aliphatic carbocycles. The number of ether oxygens (including phenoxy) is 1. The molecular weight excluding hydrogens is 473 g/mol. The summed E-state index contributed by atoms with van der Waals surface area (Å²) in [6.45, 7) is 0.380. The highest BCUT2D eigenvalue weighted by atomic mass is 35.5. The van der Waals surface area contributed by atoms with Crippen molar-refractivity contribution >= 4 is 40.7 Å². The number of anilines is 1. The quantitative estimate of drug-likeness (QED) is 0.274. The lowest BCUT2D eigenvalue weighted by Crippen LogP contribution is -2.12. The van der Waals surface area contributed by atoms with E-state index in [1.165, 1.54) is 30.6 Å². The average molecular weight is 488 g/mol. The normalized spacial score (nSPS) is 10.7.